The first-order valence-electron chi connectivity index (χ1n) is 6.38. The van der Waals surface area contributed by atoms with Crippen molar-refractivity contribution < 1.29 is 23.9 Å². The fourth-order valence-corrected chi connectivity index (χ4v) is 2.62. The van der Waals surface area contributed by atoms with Crippen molar-refractivity contribution in [2.45, 2.75) is 12.8 Å². The molecule has 0 aliphatic heterocycles. The van der Waals surface area contributed by atoms with Crippen LogP contribution in [0.25, 0.3) is 0 Å². The molecule has 0 bridgehead atoms. The van der Waals surface area contributed by atoms with Gasteiger partial charge in [-0.15, -0.1) is 0 Å². The minimum atomic E-state index is -1.19. The second-order valence-electron chi connectivity index (χ2n) is 4.69. The molecule has 2 rings (SSSR count). The monoisotopic (exact) mass is 276 g/mol. The first kappa shape index (κ1) is 14.2. The van der Waals surface area contributed by atoms with E-state index in [0.717, 1.165) is 5.56 Å². The van der Waals surface area contributed by atoms with Crippen LogP contribution >= 0.6 is 0 Å². The van der Waals surface area contributed by atoms with Crippen LogP contribution in [0.15, 0.2) is 24.3 Å². The van der Waals surface area contributed by atoms with Gasteiger partial charge in [0.15, 0.2) is 11.7 Å². The van der Waals surface area contributed by atoms with Gasteiger partial charge in [0.05, 0.1) is 14.2 Å². The average molecular weight is 276 g/mol. The van der Waals surface area contributed by atoms with Gasteiger partial charge in [0.1, 0.15) is 0 Å². The molecular weight excluding hydrogens is 260 g/mol. The summed E-state index contributed by atoms with van der Waals surface area (Å²) in [7, 11) is 2.39. The SMILES string of the molecule is COC(=O)C(C(=O)OC)C1CCc2ccccc2C1=O. The van der Waals surface area contributed by atoms with Crippen molar-refractivity contribution >= 4 is 17.7 Å². The molecule has 1 unspecified atom stereocenters. The molecule has 1 aromatic rings. The number of hydrogen-bond acceptors (Lipinski definition) is 5. The smallest absolute Gasteiger partial charge is 0.320 e. The Bertz CT molecular complexity index is 533. The summed E-state index contributed by atoms with van der Waals surface area (Å²) in [5, 5.41) is 0. The van der Waals surface area contributed by atoms with Gasteiger partial charge in [-0.2, -0.15) is 0 Å². The summed E-state index contributed by atoms with van der Waals surface area (Å²) in [6.07, 6.45) is 1.09. The van der Waals surface area contributed by atoms with E-state index in [1.54, 1.807) is 12.1 Å². The van der Waals surface area contributed by atoms with Crippen molar-refractivity contribution in [2.75, 3.05) is 14.2 Å². The fraction of sp³-hybridized carbons (Fsp3) is 0.400. The Morgan fingerprint density at radius 3 is 2.35 bits per heavy atom. The van der Waals surface area contributed by atoms with Gasteiger partial charge >= 0.3 is 11.9 Å². The quantitative estimate of drug-likeness (QED) is 0.616. The fourth-order valence-electron chi connectivity index (χ4n) is 2.62. The number of aryl methyl sites for hydroxylation is 1. The molecule has 0 radical (unpaired) electrons. The molecule has 1 atom stereocenters. The molecular formula is C15H16O5. The Morgan fingerprint density at radius 1 is 1.15 bits per heavy atom. The van der Waals surface area contributed by atoms with Crippen LogP contribution in [0.3, 0.4) is 0 Å². The van der Waals surface area contributed by atoms with Crippen LogP contribution < -0.4 is 0 Å². The maximum atomic E-state index is 12.5. The number of ketones is 1. The molecule has 0 fully saturated rings. The van der Waals surface area contributed by atoms with E-state index in [-0.39, 0.29) is 5.78 Å². The van der Waals surface area contributed by atoms with Gasteiger partial charge in [-0.1, -0.05) is 24.3 Å². The molecule has 1 aliphatic carbocycles. The van der Waals surface area contributed by atoms with Crippen LogP contribution in [-0.4, -0.2) is 31.9 Å². The van der Waals surface area contributed by atoms with Gasteiger partial charge in [-0.3, -0.25) is 14.4 Å². The Kier molecular flexibility index (Phi) is 4.17. The Hall–Kier alpha value is -2.17. The largest absolute Gasteiger partial charge is 0.468 e. The lowest BCUT2D eigenvalue weighted by atomic mass is 9.76. The molecule has 0 spiro atoms. The zero-order valence-electron chi connectivity index (χ0n) is 11.4. The van der Waals surface area contributed by atoms with Gasteiger partial charge in [-0.05, 0) is 18.4 Å². The summed E-state index contributed by atoms with van der Waals surface area (Å²) in [5.74, 6) is -3.56. The van der Waals surface area contributed by atoms with Crippen molar-refractivity contribution in [3.05, 3.63) is 35.4 Å². The highest BCUT2D eigenvalue weighted by molar-refractivity contribution is 6.07. The zero-order chi connectivity index (χ0) is 14.7. The van der Waals surface area contributed by atoms with Crippen molar-refractivity contribution in [1.29, 1.82) is 0 Å². The number of ether oxygens (including phenoxy) is 2. The number of benzene rings is 1. The molecule has 5 nitrogen and oxygen atoms in total. The average Bonchev–Trinajstić information content (AvgIpc) is 2.49. The normalized spacial score (nSPS) is 17.6. The molecule has 0 saturated carbocycles. The maximum Gasteiger partial charge on any atom is 0.320 e. The summed E-state index contributed by atoms with van der Waals surface area (Å²) >= 11 is 0. The lowest BCUT2D eigenvalue weighted by molar-refractivity contribution is -0.160. The summed E-state index contributed by atoms with van der Waals surface area (Å²) < 4.78 is 9.27. The second-order valence-corrected chi connectivity index (χ2v) is 4.69. The van der Waals surface area contributed by atoms with E-state index in [9.17, 15) is 14.4 Å². The summed E-state index contributed by atoms with van der Waals surface area (Å²) in [6, 6.07) is 7.24. The third kappa shape index (κ3) is 2.43. The highest BCUT2D eigenvalue weighted by Gasteiger charge is 2.43. The molecule has 0 saturated heterocycles. The molecule has 1 aliphatic rings. The number of carbonyl (C=O) groups is 3. The van der Waals surface area contributed by atoms with E-state index < -0.39 is 23.8 Å². The van der Waals surface area contributed by atoms with Crippen LogP contribution in [0, 0.1) is 11.8 Å². The first-order valence-corrected chi connectivity index (χ1v) is 6.38. The van der Waals surface area contributed by atoms with E-state index in [1.807, 2.05) is 12.1 Å². The standard InChI is InChI=1S/C15H16O5/c1-19-14(17)12(15(18)20-2)11-8-7-9-5-3-4-6-10(9)13(11)16/h3-6,11-12H,7-8H2,1-2H3. The van der Waals surface area contributed by atoms with Crippen LogP contribution in [-0.2, 0) is 25.5 Å². The predicted octanol–water partition coefficient (Wildman–Crippen LogP) is 1.39. The molecule has 0 aromatic heterocycles. The van der Waals surface area contributed by atoms with Gasteiger partial charge in [0.25, 0.3) is 0 Å². The minimum absolute atomic E-state index is 0.201. The Morgan fingerprint density at radius 2 is 1.75 bits per heavy atom. The minimum Gasteiger partial charge on any atom is -0.468 e. The molecule has 5 heteroatoms. The Labute approximate surface area is 116 Å². The number of carbonyl (C=O) groups excluding carboxylic acids is 3. The summed E-state index contributed by atoms with van der Waals surface area (Å²) in [4.78, 5) is 36.1. The van der Waals surface area contributed by atoms with Crippen LogP contribution in [0.2, 0.25) is 0 Å². The highest BCUT2D eigenvalue weighted by Crippen LogP contribution is 2.31. The van der Waals surface area contributed by atoms with Crippen LogP contribution in [0.1, 0.15) is 22.3 Å². The number of rotatable bonds is 3. The third-order valence-corrected chi connectivity index (χ3v) is 3.66. The van der Waals surface area contributed by atoms with Crippen molar-refractivity contribution in [1.82, 2.24) is 0 Å². The molecule has 0 N–H and O–H groups in total. The van der Waals surface area contributed by atoms with Gasteiger partial charge in [-0.25, -0.2) is 0 Å². The van der Waals surface area contributed by atoms with Gasteiger partial charge in [0.2, 0.25) is 0 Å². The number of Topliss-reactive ketones (excluding diaryl/α,β-unsaturated/α-hetero) is 1. The second kappa shape index (κ2) is 5.86. The summed E-state index contributed by atoms with van der Waals surface area (Å²) in [6.45, 7) is 0. The van der Waals surface area contributed by atoms with Crippen LogP contribution in [0.4, 0.5) is 0 Å². The van der Waals surface area contributed by atoms with E-state index in [2.05, 4.69) is 9.47 Å². The van der Waals surface area contributed by atoms with E-state index in [0.29, 0.717) is 18.4 Å². The van der Waals surface area contributed by atoms with Gasteiger partial charge < -0.3 is 9.47 Å². The molecule has 0 heterocycles. The molecule has 0 amide bonds. The first-order chi connectivity index (χ1) is 9.60. The van der Waals surface area contributed by atoms with Crippen molar-refractivity contribution in [3.63, 3.8) is 0 Å². The molecule has 106 valence electrons. The van der Waals surface area contributed by atoms with Crippen molar-refractivity contribution in [2.24, 2.45) is 11.8 Å². The lowest BCUT2D eigenvalue weighted by Crippen LogP contribution is -2.39. The number of hydrogen-bond donors (Lipinski definition) is 0. The lowest BCUT2D eigenvalue weighted by Gasteiger charge is -2.27. The van der Waals surface area contributed by atoms with Crippen LogP contribution in [0.5, 0.6) is 0 Å². The van der Waals surface area contributed by atoms with E-state index in [4.69, 9.17) is 0 Å². The maximum absolute atomic E-state index is 12.5. The number of esters is 2. The van der Waals surface area contributed by atoms with Crippen molar-refractivity contribution in [3.8, 4) is 0 Å². The van der Waals surface area contributed by atoms with E-state index >= 15 is 0 Å². The van der Waals surface area contributed by atoms with Gasteiger partial charge in [0, 0.05) is 11.5 Å². The predicted molar refractivity (Wildman–Crippen MR) is 70.1 cm³/mol. The summed E-state index contributed by atoms with van der Waals surface area (Å²) in [5.41, 5.74) is 1.52. The molecule has 20 heavy (non-hydrogen) atoms. The third-order valence-electron chi connectivity index (χ3n) is 3.66. The zero-order valence-corrected chi connectivity index (χ0v) is 11.4. The highest BCUT2D eigenvalue weighted by atomic mass is 16.5. The number of methoxy groups -OCH3 is 2. The topological polar surface area (TPSA) is 69.7 Å². The number of fused-ring (bicyclic) bond motifs is 1. The van der Waals surface area contributed by atoms with E-state index in [1.165, 1.54) is 14.2 Å². The molecule has 1 aromatic carbocycles. The Balaban J connectivity index is 2.35.